The van der Waals surface area contributed by atoms with Gasteiger partial charge in [0.1, 0.15) is 0 Å². The first-order valence-corrected chi connectivity index (χ1v) is 6.14. The monoisotopic (exact) mass is 227 g/mol. The van der Waals surface area contributed by atoms with Crippen molar-refractivity contribution in [1.29, 1.82) is 0 Å². The lowest BCUT2D eigenvalue weighted by Crippen LogP contribution is -2.25. The summed E-state index contributed by atoms with van der Waals surface area (Å²) >= 11 is 0. The maximum atomic E-state index is 4.66. The van der Waals surface area contributed by atoms with Gasteiger partial charge in [-0.05, 0) is 12.5 Å². The standard InChI is InChI=1S/C14H17N3/c1-11-13-9-15-8-7-14(13)17(16-11)10-12-5-3-2-4-6-12/h2-6,15H,7-10H2,1H3. The summed E-state index contributed by atoms with van der Waals surface area (Å²) in [7, 11) is 0. The molecule has 0 fully saturated rings. The number of hydrogen-bond acceptors (Lipinski definition) is 2. The number of aromatic nitrogens is 2. The van der Waals surface area contributed by atoms with Crippen LogP contribution in [0.25, 0.3) is 0 Å². The Morgan fingerprint density at radius 1 is 1.29 bits per heavy atom. The first-order chi connectivity index (χ1) is 8.34. The Bertz CT molecular complexity index is 514. The molecule has 1 aromatic heterocycles. The van der Waals surface area contributed by atoms with E-state index < -0.39 is 0 Å². The largest absolute Gasteiger partial charge is 0.312 e. The van der Waals surface area contributed by atoms with Gasteiger partial charge in [0.25, 0.3) is 0 Å². The number of nitrogens with zero attached hydrogens (tertiary/aromatic N) is 2. The van der Waals surface area contributed by atoms with Gasteiger partial charge in [0.2, 0.25) is 0 Å². The van der Waals surface area contributed by atoms with E-state index in [2.05, 4.69) is 52.4 Å². The van der Waals surface area contributed by atoms with Crippen LogP contribution in [0.4, 0.5) is 0 Å². The Hall–Kier alpha value is -1.61. The summed E-state index contributed by atoms with van der Waals surface area (Å²) in [5.74, 6) is 0. The molecule has 1 aliphatic heterocycles. The average molecular weight is 227 g/mol. The molecule has 3 nitrogen and oxygen atoms in total. The minimum atomic E-state index is 0.886. The van der Waals surface area contributed by atoms with Gasteiger partial charge in [0.05, 0.1) is 12.2 Å². The van der Waals surface area contributed by atoms with Gasteiger partial charge < -0.3 is 5.32 Å². The summed E-state index contributed by atoms with van der Waals surface area (Å²) in [6.07, 6.45) is 1.09. The predicted molar refractivity (Wildman–Crippen MR) is 67.9 cm³/mol. The van der Waals surface area contributed by atoms with Crippen molar-refractivity contribution < 1.29 is 0 Å². The molecule has 1 aromatic carbocycles. The Kier molecular flexibility index (Phi) is 2.69. The first-order valence-electron chi connectivity index (χ1n) is 6.14. The van der Waals surface area contributed by atoms with E-state index in [0.29, 0.717) is 0 Å². The third-order valence-electron chi connectivity index (χ3n) is 3.38. The van der Waals surface area contributed by atoms with Gasteiger partial charge in [-0.15, -0.1) is 0 Å². The summed E-state index contributed by atoms with van der Waals surface area (Å²) in [6.45, 7) is 5.02. The minimum absolute atomic E-state index is 0.886. The van der Waals surface area contributed by atoms with Crippen molar-refractivity contribution in [1.82, 2.24) is 15.1 Å². The zero-order valence-electron chi connectivity index (χ0n) is 10.1. The highest BCUT2D eigenvalue weighted by atomic mass is 15.3. The summed E-state index contributed by atoms with van der Waals surface area (Å²) in [5, 5.41) is 8.07. The summed E-state index contributed by atoms with van der Waals surface area (Å²) < 4.78 is 2.17. The molecule has 0 aliphatic carbocycles. The van der Waals surface area contributed by atoms with Gasteiger partial charge >= 0.3 is 0 Å². The Balaban J connectivity index is 1.93. The summed E-state index contributed by atoms with van der Waals surface area (Å²) in [5.41, 5.74) is 5.29. The number of fused-ring (bicyclic) bond motifs is 1. The van der Waals surface area contributed by atoms with E-state index >= 15 is 0 Å². The number of benzene rings is 1. The van der Waals surface area contributed by atoms with Crippen LogP contribution in [0.5, 0.6) is 0 Å². The van der Waals surface area contributed by atoms with Gasteiger partial charge in [0.15, 0.2) is 0 Å². The van der Waals surface area contributed by atoms with Gasteiger partial charge in [-0.2, -0.15) is 5.10 Å². The third-order valence-corrected chi connectivity index (χ3v) is 3.38. The van der Waals surface area contributed by atoms with Crippen molar-refractivity contribution in [3.05, 3.63) is 52.8 Å². The smallest absolute Gasteiger partial charge is 0.0662 e. The predicted octanol–water partition coefficient (Wildman–Crippen LogP) is 1.89. The number of hydrogen-bond donors (Lipinski definition) is 1. The third kappa shape index (κ3) is 1.98. The number of aryl methyl sites for hydroxylation is 1. The summed E-state index contributed by atoms with van der Waals surface area (Å²) in [4.78, 5) is 0. The van der Waals surface area contributed by atoms with Crippen LogP contribution in [0.3, 0.4) is 0 Å². The molecule has 0 unspecified atom stereocenters. The Morgan fingerprint density at radius 2 is 2.12 bits per heavy atom. The quantitative estimate of drug-likeness (QED) is 0.849. The van der Waals surface area contributed by atoms with Gasteiger partial charge in [-0.1, -0.05) is 30.3 Å². The lowest BCUT2D eigenvalue weighted by molar-refractivity contribution is 0.582. The molecule has 17 heavy (non-hydrogen) atoms. The maximum Gasteiger partial charge on any atom is 0.0662 e. The van der Waals surface area contributed by atoms with Crippen LogP contribution in [0.15, 0.2) is 30.3 Å². The fraction of sp³-hybridized carbons (Fsp3) is 0.357. The van der Waals surface area contributed by atoms with E-state index in [9.17, 15) is 0 Å². The van der Waals surface area contributed by atoms with E-state index in [1.54, 1.807) is 0 Å². The van der Waals surface area contributed by atoms with E-state index in [1.807, 2.05) is 0 Å². The fourth-order valence-electron chi connectivity index (χ4n) is 2.48. The highest BCUT2D eigenvalue weighted by Crippen LogP contribution is 2.18. The van der Waals surface area contributed by atoms with Crippen LogP contribution >= 0.6 is 0 Å². The molecule has 3 heteroatoms. The highest BCUT2D eigenvalue weighted by molar-refractivity contribution is 5.28. The second-order valence-electron chi connectivity index (χ2n) is 4.58. The van der Waals surface area contributed by atoms with Gasteiger partial charge in [-0.3, -0.25) is 4.68 Å². The molecule has 1 N–H and O–H groups in total. The molecule has 2 heterocycles. The van der Waals surface area contributed by atoms with Crippen molar-refractivity contribution in [2.45, 2.75) is 26.4 Å². The van der Waals surface area contributed by atoms with E-state index in [1.165, 1.54) is 22.5 Å². The van der Waals surface area contributed by atoms with Crippen LogP contribution in [0, 0.1) is 6.92 Å². The molecule has 1 aliphatic rings. The molecule has 0 atom stereocenters. The van der Waals surface area contributed by atoms with Crippen LogP contribution in [0.1, 0.15) is 22.5 Å². The number of rotatable bonds is 2. The van der Waals surface area contributed by atoms with Crippen molar-refractivity contribution in [2.75, 3.05) is 6.54 Å². The zero-order chi connectivity index (χ0) is 11.7. The molecule has 0 saturated heterocycles. The Labute approximate surface area is 101 Å². The molecule has 0 bridgehead atoms. The SMILES string of the molecule is Cc1nn(Cc2ccccc2)c2c1CNCC2. The second kappa shape index (κ2) is 4.34. The van der Waals surface area contributed by atoms with E-state index in [-0.39, 0.29) is 0 Å². The summed E-state index contributed by atoms with van der Waals surface area (Å²) in [6, 6.07) is 10.5. The molecule has 2 aromatic rings. The van der Waals surface area contributed by atoms with E-state index in [0.717, 1.165) is 26.1 Å². The molecular formula is C14H17N3. The zero-order valence-corrected chi connectivity index (χ0v) is 10.1. The molecular weight excluding hydrogens is 210 g/mol. The van der Waals surface area contributed by atoms with E-state index in [4.69, 9.17) is 0 Å². The average Bonchev–Trinajstić information content (AvgIpc) is 2.69. The molecule has 88 valence electrons. The topological polar surface area (TPSA) is 29.9 Å². The second-order valence-corrected chi connectivity index (χ2v) is 4.58. The molecule has 0 spiro atoms. The van der Waals surface area contributed by atoms with Crippen molar-refractivity contribution in [2.24, 2.45) is 0 Å². The highest BCUT2D eigenvalue weighted by Gasteiger charge is 2.17. The number of nitrogens with one attached hydrogen (secondary N) is 1. The van der Waals surface area contributed by atoms with Crippen LogP contribution in [-0.4, -0.2) is 16.3 Å². The van der Waals surface area contributed by atoms with Crippen molar-refractivity contribution in [3.63, 3.8) is 0 Å². The van der Waals surface area contributed by atoms with Crippen LogP contribution < -0.4 is 5.32 Å². The minimum Gasteiger partial charge on any atom is -0.312 e. The molecule has 0 amide bonds. The van der Waals surface area contributed by atoms with Crippen LogP contribution in [-0.2, 0) is 19.5 Å². The molecule has 0 saturated carbocycles. The normalized spacial score (nSPS) is 14.6. The Morgan fingerprint density at radius 3 is 2.94 bits per heavy atom. The maximum absolute atomic E-state index is 4.66. The van der Waals surface area contributed by atoms with Crippen molar-refractivity contribution in [3.8, 4) is 0 Å². The fourth-order valence-corrected chi connectivity index (χ4v) is 2.48. The van der Waals surface area contributed by atoms with Crippen molar-refractivity contribution >= 4 is 0 Å². The van der Waals surface area contributed by atoms with Crippen LogP contribution in [0.2, 0.25) is 0 Å². The van der Waals surface area contributed by atoms with Gasteiger partial charge in [-0.25, -0.2) is 0 Å². The lowest BCUT2D eigenvalue weighted by atomic mass is 10.1. The molecule has 0 radical (unpaired) electrons. The lowest BCUT2D eigenvalue weighted by Gasteiger charge is -2.15. The molecule has 3 rings (SSSR count). The van der Waals surface area contributed by atoms with Gasteiger partial charge in [0, 0.05) is 30.8 Å². The first kappa shape index (κ1) is 10.5.